The zero-order chi connectivity index (χ0) is 16.9. The Balaban J connectivity index is 2.01. The van der Waals surface area contributed by atoms with Crippen LogP contribution >= 0.6 is 0 Å². The Hall–Kier alpha value is -2.10. The lowest BCUT2D eigenvalue weighted by Gasteiger charge is -2.35. The van der Waals surface area contributed by atoms with Crippen LogP contribution in [0.2, 0.25) is 0 Å². The van der Waals surface area contributed by atoms with E-state index in [1.807, 2.05) is 6.07 Å². The van der Waals surface area contributed by atoms with Crippen molar-refractivity contribution in [1.82, 2.24) is 9.97 Å². The summed E-state index contributed by atoms with van der Waals surface area (Å²) in [5.74, 6) is 1.78. The monoisotopic (exact) mass is 324 g/mol. The maximum atomic E-state index is 4.91. The Morgan fingerprint density at radius 3 is 2.67 bits per heavy atom. The Labute approximate surface area is 145 Å². The molecule has 1 aliphatic rings. The first kappa shape index (κ1) is 16.7. The minimum Gasteiger partial charge on any atom is -0.368 e. The number of benzene rings is 1. The fourth-order valence-electron chi connectivity index (χ4n) is 3.38. The number of hydrogen-bond donors (Lipinski definition) is 1. The van der Waals surface area contributed by atoms with Gasteiger partial charge in [0, 0.05) is 30.3 Å². The highest BCUT2D eigenvalue weighted by Gasteiger charge is 2.24. The first-order valence-corrected chi connectivity index (χ1v) is 9.15. The molecule has 1 N–H and O–H groups in total. The molecule has 2 aromatic rings. The van der Waals surface area contributed by atoms with E-state index in [1.165, 1.54) is 19.3 Å². The minimum absolute atomic E-state index is 0.347. The van der Waals surface area contributed by atoms with Gasteiger partial charge in [0.15, 0.2) is 0 Å². The SMILES string of the molecule is CCC1CCCCN1c1nc(NC(C)C)cc(-c2ccccc2)n1. The molecule has 1 aliphatic heterocycles. The molecule has 1 aromatic carbocycles. The maximum absolute atomic E-state index is 4.91. The first-order valence-electron chi connectivity index (χ1n) is 9.15. The summed E-state index contributed by atoms with van der Waals surface area (Å²) in [5, 5.41) is 3.45. The van der Waals surface area contributed by atoms with E-state index >= 15 is 0 Å². The number of nitrogens with one attached hydrogen (secondary N) is 1. The smallest absolute Gasteiger partial charge is 0.228 e. The third-order valence-corrected chi connectivity index (χ3v) is 4.58. The van der Waals surface area contributed by atoms with E-state index in [2.05, 4.69) is 61.3 Å². The standard InChI is InChI=1S/C20H28N4/c1-4-17-12-8-9-13-24(17)20-22-18(16-10-6-5-7-11-16)14-19(23-20)21-15(2)3/h5-7,10-11,14-15,17H,4,8-9,12-13H2,1-3H3,(H,21,22,23). The molecule has 2 heterocycles. The van der Waals surface area contributed by atoms with E-state index in [4.69, 9.17) is 9.97 Å². The fraction of sp³-hybridized carbons (Fsp3) is 0.500. The molecule has 0 spiro atoms. The molecular weight excluding hydrogens is 296 g/mol. The van der Waals surface area contributed by atoms with E-state index in [-0.39, 0.29) is 0 Å². The molecule has 128 valence electrons. The van der Waals surface area contributed by atoms with E-state index in [0.29, 0.717) is 12.1 Å². The minimum atomic E-state index is 0.347. The van der Waals surface area contributed by atoms with Gasteiger partial charge in [0.2, 0.25) is 5.95 Å². The average molecular weight is 324 g/mol. The maximum Gasteiger partial charge on any atom is 0.228 e. The zero-order valence-electron chi connectivity index (χ0n) is 15.0. The van der Waals surface area contributed by atoms with Crippen molar-refractivity contribution in [3.8, 4) is 11.3 Å². The molecule has 3 rings (SSSR count). The Morgan fingerprint density at radius 1 is 1.17 bits per heavy atom. The molecule has 4 heteroatoms. The molecule has 4 nitrogen and oxygen atoms in total. The van der Waals surface area contributed by atoms with Crippen molar-refractivity contribution in [3.05, 3.63) is 36.4 Å². The van der Waals surface area contributed by atoms with Crippen molar-refractivity contribution in [2.24, 2.45) is 0 Å². The van der Waals surface area contributed by atoms with Crippen LogP contribution in [0.1, 0.15) is 46.5 Å². The third-order valence-electron chi connectivity index (χ3n) is 4.58. The lowest BCUT2D eigenvalue weighted by molar-refractivity contribution is 0.443. The van der Waals surface area contributed by atoms with Crippen LogP contribution in [-0.4, -0.2) is 28.6 Å². The summed E-state index contributed by atoms with van der Waals surface area (Å²) in [5.41, 5.74) is 2.13. The second-order valence-corrected chi connectivity index (χ2v) is 6.85. The largest absolute Gasteiger partial charge is 0.368 e. The third kappa shape index (κ3) is 3.86. The highest BCUT2D eigenvalue weighted by Crippen LogP contribution is 2.28. The van der Waals surface area contributed by atoms with Gasteiger partial charge < -0.3 is 10.2 Å². The summed E-state index contributed by atoms with van der Waals surface area (Å²) in [6, 6.07) is 13.3. The van der Waals surface area contributed by atoms with Crippen molar-refractivity contribution >= 4 is 11.8 Å². The van der Waals surface area contributed by atoms with Gasteiger partial charge >= 0.3 is 0 Å². The lowest BCUT2D eigenvalue weighted by atomic mass is 10.0. The number of rotatable bonds is 5. The normalized spacial score (nSPS) is 18.0. The van der Waals surface area contributed by atoms with Crippen molar-refractivity contribution in [2.45, 2.75) is 58.5 Å². The Kier molecular flexibility index (Phi) is 5.34. The molecule has 24 heavy (non-hydrogen) atoms. The van der Waals surface area contributed by atoms with E-state index in [9.17, 15) is 0 Å². The topological polar surface area (TPSA) is 41.1 Å². The lowest BCUT2D eigenvalue weighted by Crippen LogP contribution is -2.40. The molecule has 0 amide bonds. The van der Waals surface area contributed by atoms with E-state index in [1.54, 1.807) is 0 Å². The van der Waals surface area contributed by atoms with Crippen molar-refractivity contribution in [1.29, 1.82) is 0 Å². The molecule has 1 unspecified atom stereocenters. The second-order valence-electron chi connectivity index (χ2n) is 6.85. The predicted molar refractivity (Wildman–Crippen MR) is 102 cm³/mol. The number of piperidine rings is 1. The van der Waals surface area contributed by atoms with Crippen molar-refractivity contribution in [2.75, 3.05) is 16.8 Å². The van der Waals surface area contributed by atoms with Gasteiger partial charge in [0.05, 0.1) is 5.69 Å². The molecule has 0 saturated carbocycles. The van der Waals surface area contributed by atoms with Crippen LogP contribution in [-0.2, 0) is 0 Å². The first-order chi connectivity index (χ1) is 11.7. The second kappa shape index (κ2) is 7.65. The summed E-state index contributed by atoms with van der Waals surface area (Å²) < 4.78 is 0. The van der Waals surface area contributed by atoms with Crippen LogP contribution in [0.25, 0.3) is 11.3 Å². The molecule has 0 aliphatic carbocycles. The summed E-state index contributed by atoms with van der Waals surface area (Å²) >= 11 is 0. The zero-order valence-corrected chi connectivity index (χ0v) is 15.0. The van der Waals surface area contributed by atoms with Crippen LogP contribution in [0.15, 0.2) is 36.4 Å². The summed E-state index contributed by atoms with van der Waals surface area (Å²) in [6.07, 6.45) is 4.92. The fourth-order valence-corrected chi connectivity index (χ4v) is 3.38. The molecule has 1 fully saturated rings. The van der Waals surface area contributed by atoms with Crippen molar-refractivity contribution in [3.63, 3.8) is 0 Å². The van der Waals surface area contributed by atoms with Gasteiger partial charge in [0.1, 0.15) is 5.82 Å². The van der Waals surface area contributed by atoms with Crippen LogP contribution in [0.4, 0.5) is 11.8 Å². The van der Waals surface area contributed by atoms with E-state index < -0.39 is 0 Å². The summed E-state index contributed by atoms with van der Waals surface area (Å²) in [6.45, 7) is 7.59. The van der Waals surface area contributed by atoms with Crippen LogP contribution in [0, 0.1) is 0 Å². The van der Waals surface area contributed by atoms with Gasteiger partial charge in [-0.25, -0.2) is 4.98 Å². The molecule has 1 atom stereocenters. The van der Waals surface area contributed by atoms with Gasteiger partial charge in [-0.15, -0.1) is 0 Å². The molecule has 0 bridgehead atoms. The van der Waals surface area contributed by atoms with Crippen LogP contribution < -0.4 is 10.2 Å². The number of aromatic nitrogens is 2. The number of nitrogens with zero attached hydrogens (tertiary/aromatic N) is 3. The molecule has 1 saturated heterocycles. The molecule has 0 radical (unpaired) electrons. The van der Waals surface area contributed by atoms with Gasteiger partial charge in [0.25, 0.3) is 0 Å². The van der Waals surface area contributed by atoms with E-state index in [0.717, 1.165) is 36.0 Å². The summed E-state index contributed by atoms with van der Waals surface area (Å²) in [4.78, 5) is 12.1. The van der Waals surface area contributed by atoms with Gasteiger partial charge in [-0.05, 0) is 39.5 Å². The quantitative estimate of drug-likeness (QED) is 0.863. The van der Waals surface area contributed by atoms with Gasteiger partial charge in [-0.2, -0.15) is 4.98 Å². The number of anilines is 2. The highest BCUT2D eigenvalue weighted by molar-refractivity contribution is 5.64. The summed E-state index contributed by atoms with van der Waals surface area (Å²) in [7, 11) is 0. The van der Waals surface area contributed by atoms with Crippen LogP contribution in [0.3, 0.4) is 0 Å². The predicted octanol–water partition coefficient (Wildman–Crippen LogP) is 4.73. The van der Waals surface area contributed by atoms with Gasteiger partial charge in [-0.3, -0.25) is 0 Å². The molecular formula is C20H28N4. The Morgan fingerprint density at radius 2 is 1.96 bits per heavy atom. The Bertz CT molecular complexity index is 654. The number of hydrogen-bond acceptors (Lipinski definition) is 4. The highest BCUT2D eigenvalue weighted by atomic mass is 15.3. The van der Waals surface area contributed by atoms with Crippen LogP contribution in [0.5, 0.6) is 0 Å². The average Bonchev–Trinajstić information content (AvgIpc) is 2.61. The van der Waals surface area contributed by atoms with Crippen molar-refractivity contribution < 1.29 is 0 Å². The molecule has 1 aromatic heterocycles. The van der Waals surface area contributed by atoms with Gasteiger partial charge in [-0.1, -0.05) is 37.3 Å².